The van der Waals surface area contributed by atoms with Crippen LogP contribution in [0.4, 0.5) is 0 Å². The van der Waals surface area contributed by atoms with Crippen LogP contribution in [0, 0.1) is 5.92 Å². The number of rotatable bonds is 3. The van der Waals surface area contributed by atoms with Crippen LogP contribution in [0.15, 0.2) is 0 Å². The van der Waals surface area contributed by atoms with Crippen LogP contribution in [-0.2, 0) is 9.59 Å². The number of carboxylic acid groups (broad SMARTS) is 1. The molecule has 1 fully saturated rings. The second-order valence-corrected chi connectivity index (χ2v) is 5.46. The molecule has 1 N–H and O–H groups in total. The number of aliphatic carboxylic acids is 1. The lowest BCUT2D eigenvalue weighted by molar-refractivity contribution is -0.137. The number of carboxylic acids is 1. The molecule has 18 heavy (non-hydrogen) atoms. The molecule has 0 amide bonds. The van der Waals surface area contributed by atoms with Gasteiger partial charge in [-0.05, 0) is 19.3 Å². The molecule has 0 aromatic rings. The maximum Gasteiger partial charge on any atom is 0.303 e. The predicted molar refractivity (Wildman–Crippen MR) is 71.5 cm³/mol. The molecule has 0 saturated heterocycles. The molecule has 1 aliphatic carbocycles. The van der Waals surface area contributed by atoms with E-state index in [1.165, 1.54) is 32.1 Å². The summed E-state index contributed by atoms with van der Waals surface area (Å²) in [7, 11) is 0. The summed E-state index contributed by atoms with van der Waals surface area (Å²) >= 11 is 0. The minimum Gasteiger partial charge on any atom is -0.481 e. The first-order valence-electron chi connectivity index (χ1n) is 7.44. The third-order valence-corrected chi connectivity index (χ3v) is 3.89. The summed E-state index contributed by atoms with van der Waals surface area (Å²) in [5.74, 6) is -0.480. The summed E-state index contributed by atoms with van der Waals surface area (Å²) < 4.78 is 0. The van der Waals surface area contributed by atoms with Gasteiger partial charge in [0.15, 0.2) is 0 Å². The van der Waals surface area contributed by atoms with Gasteiger partial charge in [-0.25, -0.2) is 0 Å². The zero-order valence-electron chi connectivity index (χ0n) is 11.3. The van der Waals surface area contributed by atoms with Gasteiger partial charge in [0.05, 0.1) is 0 Å². The van der Waals surface area contributed by atoms with E-state index in [9.17, 15) is 9.59 Å². The molecule has 3 heteroatoms. The van der Waals surface area contributed by atoms with E-state index in [4.69, 9.17) is 5.11 Å². The Labute approximate surface area is 110 Å². The van der Waals surface area contributed by atoms with Gasteiger partial charge < -0.3 is 5.11 Å². The van der Waals surface area contributed by atoms with Crippen molar-refractivity contribution < 1.29 is 14.7 Å². The van der Waals surface area contributed by atoms with Crippen molar-refractivity contribution >= 4 is 11.8 Å². The average molecular weight is 254 g/mol. The highest BCUT2D eigenvalue weighted by molar-refractivity contribution is 5.81. The molecule has 0 heterocycles. The number of ketones is 1. The maximum absolute atomic E-state index is 12.0. The summed E-state index contributed by atoms with van der Waals surface area (Å²) in [6, 6.07) is 0. The molecule has 1 atom stereocenters. The summed E-state index contributed by atoms with van der Waals surface area (Å²) in [6.45, 7) is 0. The van der Waals surface area contributed by atoms with Crippen LogP contribution >= 0.6 is 0 Å². The first kappa shape index (κ1) is 15.2. The molecule has 0 radical (unpaired) electrons. The van der Waals surface area contributed by atoms with Crippen molar-refractivity contribution in [3.63, 3.8) is 0 Å². The lowest BCUT2D eigenvalue weighted by atomic mass is 9.88. The van der Waals surface area contributed by atoms with E-state index in [-0.39, 0.29) is 12.3 Å². The molecule has 0 aromatic carbocycles. The minimum atomic E-state index is -0.783. The molecule has 0 bridgehead atoms. The van der Waals surface area contributed by atoms with Crippen LogP contribution in [0.25, 0.3) is 0 Å². The predicted octanol–water partition coefficient (Wildman–Crippen LogP) is 3.95. The zero-order chi connectivity index (χ0) is 13.2. The molecule has 1 saturated carbocycles. The van der Waals surface area contributed by atoms with Crippen molar-refractivity contribution in [1.82, 2.24) is 0 Å². The van der Waals surface area contributed by atoms with E-state index in [0.717, 1.165) is 25.7 Å². The third-order valence-electron chi connectivity index (χ3n) is 3.89. The highest BCUT2D eigenvalue weighted by Gasteiger charge is 2.18. The Kier molecular flexibility index (Phi) is 7.70. The average Bonchev–Trinajstić information content (AvgIpc) is 2.32. The summed E-state index contributed by atoms with van der Waals surface area (Å²) in [5, 5.41) is 8.73. The van der Waals surface area contributed by atoms with Gasteiger partial charge in [-0.15, -0.1) is 0 Å². The van der Waals surface area contributed by atoms with Gasteiger partial charge in [0, 0.05) is 18.8 Å². The summed E-state index contributed by atoms with van der Waals surface area (Å²) in [6.07, 6.45) is 11.8. The lowest BCUT2D eigenvalue weighted by Crippen LogP contribution is -2.16. The Morgan fingerprint density at radius 3 is 2.17 bits per heavy atom. The van der Waals surface area contributed by atoms with E-state index in [2.05, 4.69) is 0 Å². The summed E-state index contributed by atoms with van der Waals surface area (Å²) in [4.78, 5) is 22.7. The highest BCUT2D eigenvalue weighted by atomic mass is 16.4. The Morgan fingerprint density at radius 1 is 1.00 bits per heavy atom. The monoisotopic (exact) mass is 254 g/mol. The quantitative estimate of drug-likeness (QED) is 0.829. The number of hydrogen-bond acceptors (Lipinski definition) is 2. The van der Waals surface area contributed by atoms with Gasteiger partial charge in [-0.2, -0.15) is 0 Å². The molecule has 104 valence electrons. The van der Waals surface area contributed by atoms with Gasteiger partial charge in [0.2, 0.25) is 0 Å². The Hall–Kier alpha value is -0.860. The van der Waals surface area contributed by atoms with Gasteiger partial charge in [0.25, 0.3) is 0 Å². The molecular formula is C15H26O3. The molecular weight excluding hydrogens is 228 g/mol. The third kappa shape index (κ3) is 6.77. The maximum atomic E-state index is 12.0. The van der Waals surface area contributed by atoms with Crippen molar-refractivity contribution in [2.45, 2.75) is 77.0 Å². The normalized spacial score (nSPS) is 24.0. The number of carbonyl (C=O) groups excluding carboxylic acids is 1. The smallest absolute Gasteiger partial charge is 0.303 e. The van der Waals surface area contributed by atoms with Crippen LogP contribution in [0.2, 0.25) is 0 Å². The van der Waals surface area contributed by atoms with Gasteiger partial charge >= 0.3 is 5.97 Å². The van der Waals surface area contributed by atoms with Crippen molar-refractivity contribution in [2.75, 3.05) is 0 Å². The SMILES string of the molecule is O=C(O)CCC1CCCCCCCCCCC1=O. The molecule has 0 aliphatic heterocycles. The first-order valence-corrected chi connectivity index (χ1v) is 7.44. The molecule has 0 aromatic heterocycles. The van der Waals surface area contributed by atoms with Gasteiger partial charge in [0.1, 0.15) is 5.78 Å². The molecule has 0 spiro atoms. The summed E-state index contributed by atoms with van der Waals surface area (Å²) in [5.41, 5.74) is 0. The van der Waals surface area contributed by atoms with E-state index < -0.39 is 5.97 Å². The van der Waals surface area contributed by atoms with Crippen molar-refractivity contribution in [3.05, 3.63) is 0 Å². The first-order chi connectivity index (χ1) is 8.70. The lowest BCUT2D eigenvalue weighted by Gasteiger charge is -2.15. The van der Waals surface area contributed by atoms with Gasteiger partial charge in [-0.1, -0.05) is 44.9 Å². The molecule has 3 nitrogen and oxygen atoms in total. The Morgan fingerprint density at radius 2 is 1.56 bits per heavy atom. The fourth-order valence-corrected chi connectivity index (χ4v) is 2.72. The highest BCUT2D eigenvalue weighted by Crippen LogP contribution is 2.22. The largest absolute Gasteiger partial charge is 0.481 e. The van der Waals surface area contributed by atoms with E-state index in [1.807, 2.05) is 0 Å². The standard InChI is InChI=1S/C15H26O3/c16-14-10-8-6-4-2-1-3-5-7-9-13(14)11-12-15(17)18/h13H,1-12H2,(H,17,18). The van der Waals surface area contributed by atoms with E-state index in [1.54, 1.807) is 0 Å². The van der Waals surface area contributed by atoms with Crippen LogP contribution in [-0.4, -0.2) is 16.9 Å². The van der Waals surface area contributed by atoms with Crippen LogP contribution in [0.1, 0.15) is 77.0 Å². The van der Waals surface area contributed by atoms with Crippen molar-refractivity contribution in [3.8, 4) is 0 Å². The molecule has 1 unspecified atom stereocenters. The second kappa shape index (κ2) is 9.12. The van der Waals surface area contributed by atoms with Crippen molar-refractivity contribution in [2.24, 2.45) is 5.92 Å². The van der Waals surface area contributed by atoms with Gasteiger partial charge in [-0.3, -0.25) is 9.59 Å². The Bertz CT molecular complexity index is 260. The Balaban J connectivity index is 2.41. The minimum absolute atomic E-state index is 0.000488. The fourth-order valence-electron chi connectivity index (χ4n) is 2.72. The van der Waals surface area contributed by atoms with E-state index in [0.29, 0.717) is 18.6 Å². The zero-order valence-corrected chi connectivity index (χ0v) is 11.3. The molecule has 1 rings (SSSR count). The molecule has 1 aliphatic rings. The van der Waals surface area contributed by atoms with Crippen LogP contribution in [0.3, 0.4) is 0 Å². The van der Waals surface area contributed by atoms with Crippen molar-refractivity contribution in [1.29, 1.82) is 0 Å². The van der Waals surface area contributed by atoms with Crippen LogP contribution in [0.5, 0.6) is 0 Å². The topological polar surface area (TPSA) is 54.4 Å². The van der Waals surface area contributed by atoms with Crippen LogP contribution < -0.4 is 0 Å². The second-order valence-electron chi connectivity index (χ2n) is 5.46. The number of hydrogen-bond donors (Lipinski definition) is 1. The fraction of sp³-hybridized carbons (Fsp3) is 0.867. The number of Topliss-reactive ketones (excluding diaryl/α,β-unsaturated/α-hetero) is 1. The number of carbonyl (C=O) groups is 2. The van der Waals surface area contributed by atoms with E-state index >= 15 is 0 Å².